The fraction of sp³-hybridized carbons (Fsp3) is 0.200. The van der Waals surface area contributed by atoms with Crippen LogP contribution in [0.1, 0.15) is 11.3 Å². The second kappa shape index (κ2) is 7.00. The van der Waals surface area contributed by atoms with Crippen LogP contribution >= 0.6 is 0 Å². The van der Waals surface area contributed by atoms with E-state index in [1.165, 1.54) is 6.33 Å². The Labute approximate surface area is 117 Å². The maximum absolute atomic E-state index is 12.0. The maximum Gasteiger partial charge on any atom is 0.238 e. The molecule has 0 aliphatic rings. The van der Waals surface area contributed by atoms with Crippen LogP contribution in [0.5, 0.6) is 0 Å². The molecule has 2 rings (SSSR count). The number of nitrogens with zero attached hydrogens (tertiary/aromatic N) is 3. The molecule has 1 heterocycles. The van der Waals surface area contributed by atoms with Gasteiger partial charge in [-0.05, 0) is 18.1 Å². The fourth-order valence-electron chi connectivity index (χ4n) is 1.77. The zero-order chi connectivity index (χ0) is 14.2. The smallest absolute Gasteiger partial charge is 0.238 e. The predicted molar refractivity (Wildman–Crippen MR) is 73.1 cm³/mol. The molecule has 0 aliphatic heterocycles. The highest BCUT2D eigenvalue weighted by atomic mass is 16.1. The molecular weight excluding hydrogens is 252 g/mol. The van der Waals surface area contributed by atoms with Gasteiger partial charge in [0.2, 0.25) is 5.91 Å². The summed E-state index contributed by atoms with van der Waals surface area (Å²) in [6.07, 6.45) is 3.44. The van der Waals surface area contributed by atoms with Crippen molar-refractivity contribution in [2.75, 3.05) is 0 Å². The van der Waals surface area contributed by atoms with E-state index in [1.807, 2.05) is 36.4 Å². The Morgan fingerprint density at radius 2 is 2.10 bits per heavy atom. The number of benzene rings is 1. The van der Waals surface area contributed by atoms with Gasteiger partial charge in [0.05, 0.1) is 18.3 Å². The van der Waals surface area contributed by atoms with E-state index >= 15 is 0 Å². The largest absolute Gasteiger partial charge is 0.349 e. The lowest BCUT2D eigenvalue weighted by molar-refractivity contribution is -0.123. The molecule has 5 heteroatoms. The monoisotopic (exact) mass is 266 g/mol. The summed E-state index contributed by atoms with van der Waals surface area (Å²) < 4.78 is 0. The first-order chi connectivity index (χ1) is 9.79. The lowest BCUT2D eigenvalue weighted by atomic mass is 10.00. The van der Waals surface area contributed by atoms with Crippen molar-refractivity contribution in [1.82, 2.24) is 15.3 Å². The van der Waals surface area contributed by atoms with Crippen LogP contribution in [0.3, 0.4) is 0 Å². The summed E-state index contributed by atoms with van der Waals surface area (Å²) in [5.41, 5.74) is 1.68. The van der Waals surface area contributed by atoms with E-state index in [4.69, 9.17) is 5.26 Å². The molecule has 0 fully saturated rings. The Balaban J connectivity index is 1.91. The van der Waals surface area contributed by atoms with Crippen molar-refractivity contribution in [1.29, 1.82) is 5.26 Å². The third-order valence-electron chi connectivity index (χ3n) is 2.84. The number of aromatic nitrogens is 2. The first kappa shape index (κ1) is 13.7. The SMILES string of the molecule is N#CC(Cc1ccccc1)C(=O)NCc1ccncn1. The minimum atomic E-state index is -0.695. The molecule has 1 aromatic heterocycles. The molecule has 1 unspecified atom stereocenters. The van der Waals surface area contributed by atoms with E-state index in [1.54, 1.807) is 12.3 Å². The first-order valence-electron chi connectivity index (χ1n) is 6.25. The van der Waals surface area contributed by atoms with Gasteiger partial charge < -0.3 is 5.32 Å². The quantitative estimate of drug-likeness (QED) is 0.889. The minimum Gasteiger partial charge on any atom is -0.349 e. The summed E-state index contributed by atoms with van der Waals surface area (Å²) in [6, 6.07) is 13.3. The molecule has 1 aromatic carbocycles. The summed E-state index contributed by atoms with van der Waals surface area (Å²) in [5.74, 6) is -0.978. The van der Waals surface area contributed by atoms with Crippen LogP contribution < -0.4 is 5.32 Å². The third-order valence-corrected chi connectivity index (χ3v) is 2.84. The fourth-order valence-corrected chi connectivity index (χ4v) is 1.77. The number of hydrogen-bond acceptors (Lipinski definition) is 4. The average Bonchev–Trinajstić information content (AvgIpc) is 2.52. The van der Waals surface area contributed by atoms with Crippen molar-refractivity contribution < 1.29 is 4.79 Å². The van der Waals surface area contributed by atoms with Crippen LogP contribution in [-0.2, 0) is 17.8 Å². The third kappa shape index (κ3) is 3.89. The van der Waals surface area contributed by atoms with Crippen LogP contribution in [0.25, 0.3) is 0 Å². The topological polar surface area (TPSA) is 78.7 Å². The Morgan fingerprint density at radius 1 is 1.30 bits per heavy atom. The lowest BCUT2D eigenvalue weighted by Gasteiger charge is -2.10. The van der Waals surface area contributed by atoms with Gasteiger partial charge in [-0.1, -0.05) is 30.3 Å². The molecule has 0 aliphatic carbocycles. The van der Waals surface area contributed by atoms with Crippen LogP contribution in [0.15, 0.2) is 48.9 Å². The molecule has 0 bridgehead atoms. The number of nitrogens with one attached hydrogen (secondary N) is 1. The summed E-state index contributed by atoms with van der Waals surface area (Å²) in [6.45, 7) is 0.300. The minimum absolute atomic E-state index is 0.282. The highest BCUT2D eigenvalue weighted by Gasteiger charge is 2.18. The van der Waals surface area contributed by atoms with Crippen LogP contribution in [0.4, 0.5) is 0 Å². The molecule has 5 nitrogen and oxygen atoms in total. The highest BCUT2D eigenvalue weighted by molar-refractivity contribution is 5.81. The van der Waals surface area contributed by atoms with Gasteiger partial charge in [-0.25, -0.2) is 9.97 Å². The second-order valence-corrected chi connectivity index (χ2v) is 4.29. The van der Waals surface area contributed by atoms with Crippen LogP contribution in [-0.4, -0.2) is 15.9 Å². The molecule has 2 aromatic rings. The number of rotatable bonds is 5. The van der Waals surface area contributed by atoms with Crippen molar-refractivity contribution in [3.63, 3.8) is 0 Å². The van der Waals surface area contributed by atoms with E-state index < -0.39 is 5.92 Å². The van der Waals surface area contributed by atoms with Crippen LogP contribution in [0, 0.1) is 17.2 Å². The molecule has 0 saturated heterocycles. The van der Waals surface area contributed by atoms with Gasteiger partial charge >= 0.3 is 0 Å². The Bertz CT molecular complexity index is 592. The highest BCUT2D eigenvalue weighted by Crippen LogP contribution is 2.08. The summed E-state index contributed by atoms with van der Waals surface area (Å²) in [7, 11) is 0. The van der Waals surface area contributed by atoms with Crippen molar-refractivity contribution in [2.24, 2.45) is 5.92 Å². The van der Waals surface area contributed by atoms with Gasteiger partial charge in [-0.3, -0.25) is 4.79 Å². The van der Waals surface area contributed by atoms with Crippen molar-refractivity contribution in [2.45, 2.75) is 13.0 Å². The summed E-state index contributed by atoms with van der Waals surface area (Å²) in [5, 5.41) is 11.8. The van der Waals surface area contributed by atoms with Crippen molar-refractivity contribution in [3.05, 3.63) is 60.2 Å². The molecular formula is C15H14N4O. The van der Waals surface area contributed by atoms with Crippen molar-refractivity contribution >= 4 is 5.91 Å². The zero-order valence-corrected chi connectivity index (χ0v) is 10.9. The molecule has 1 amide bonds. The van der Waals surface area contributed by atoms with Crippen molar-refractivity contribution in [3.8, 4) is 6.07 Å². The van der Waals surface area contributed by atoms with Gasteiger partial charge in [0.1, 0.15) is 12.2 Å². The van der Waals surface area contributed by atoms with Gasteiger partial charge in [0, 0.05) is 6.20 Å². The first-order valence-corrected chi connectivity index (χ1v) is 6.25. The van der Waals surface area contributed by atoms with E-state index in [0.717, 1.165) is 5.56 Å². The standard InChI is InChI=1S/C15H14N4O/c16-9-13(8-12-4-2-1-3-5-12)15(20)18-10-14-6-7-17-11-19-14/h1-7,11,13H,8,10H2,(H,18,20). The number of hydrogen-bond donors (Lipinski definition) is 1. The zero-order valence-electron chi connectivity index (χ0n) is 10.9. The Kier molecular flexibility index (Phi) is 4.79. The van der Waals surface area contributed by atoms with Gasteiger partial charge in [-0.2, -0.15) is 5.26 Å². The molecule has 0 saturated carbocycles. The lowest BCUT2D eigenvalue weighted by Crippen LogP contribution is -2.31. The van der Waals surface area contributed by atoms with Gasteiger partial charge in [0.15, 0.2) is 0 Å². The molecule has 1 atom stereocenters. The Hall–Kier alpha value is -2.74. The van der Waals surface area contributed by atoms with Gasteiger partial charge in [-0.15, -0.1) is 0 Å². The number of carbonyl (C=O) groups excluding carboxylic acids is 1. The maximum atomic E-state index is 12.0. The molecule has 0 radical (unpaired) electrons. The average molecular weight is 266 g/mol. The molecule has 100 valence electrons. The van der Waals surface area contributed by atoms with E-state index in [9.17, 15) is 4.79 Å². The summed E-state index contributed by atoms with van der Waals surface area (Å²) in [4.78, 5) is 19.8. The van der Waals surface area contributed by atoms with E-state index in [2.05, 4.69) is 15.3 Å². The Morgan fingerprint density at radius 3 is 2.75 bits per heavy atom. The van der Waals surface area contributed by atoms with Gasteiger partial charge in [0.25, 0.3) is 0 Å². The molecule has 20 heavy (non-hydrogen) atoms. The second-order valence-electron chi connectivity index (χ2n) is 4.29. The number of carbonyl (C=O) groups is 1. The van der Waals surface area contributed by atoms with E-state index in [0.29, 0.717) is 18.7 Å². The predicted octanol–water partition coefficient (Wildman–Crippen LogP) is 1.48. The number of amides is 1. The van der Waals surface area contributed by atoms with E-state index in [-0.39, 0.29) is 5.91 Å². The van der Waals surface area contributed by atoms with Crippen LogP contribution in [0.2, 0.25) is 0 Å². The molecule has 0 spiro atoms. The normalized spacial score (nSPS) is 11.3. The number of nitriles is 1. The molecule has 1 N–H and O–H groups in total. The summed E-state index contributed by atoms with van der Waals surface area (Å²) >= 11 is 0.